The van der Waals surface area contributed by atoms with Crippen molar-refractivity contribution in [2.45, 2.75) is 95.4 Å². The zero-order valence-electron chi connectivity index (χ0n) is 15.9. The minimum absolute atomic E-state index is 0.00765. The van der Waals surface area contributed by atoms with E-state index in [1.54, 1.807) is 12.4 Å². The average molecular weight is 387 g/mol. The van der Waals surface area contributed by atoms with Gasteiger partial charge in [-0.15, -0.1) is 0 Å². The van der Waals surface area contributed by atoms with Crippen LogP contribution in [-0.2, 0) is 4.79 Å². The summed E-state index contributed by atoms with van der Waals surface area (Å²) in [5, 5.41) is 42.6. The molecule has 0 spiro atoms. The molecule has 0 aromatic carbocycles. The number of unbranched alkanes of at least 4 members (excludes halogenated alkanes) is 5. The zero-order chi connectivity index (χ0) is 20.7. The third kappa shape index (κ3) is 11.4. The van der Waals surface area contributed by atoms with Crippen LogP contribution in [0, 0.1) is 20.2 Å². The number of hydrogen-bond donors (Lipinski definition) is 2. The van der Waals surface area contributed by atoms with Gasteiger partial charge in [0.15, 0.2) is 6.29 Å². The number of carbonyl (C=O) groups excluding carboxylic acids is 1. The summed E-state index contributed by atoms with van der Waals surface area (Å²) >= 11 is 0. The topological polar surface area (TPSA) is 144 Å². The quantitative estimate of drug-likeness (QED) is 0.169. The molecule has 0 aromatic rings. The summed E-state index contributed by atoms with van der Waals surface area (Å²) in [6.45, 7) is 2.08. The first-order chi connectivity index (χ1) is 12.8. The van der Waals surface area contributed by atoms with E-state index in [4.69, 9.17) is 0 Å². The van der Waals surface area contributed by atoms with Crippen LogP contribution in [0.25, 0.3) is 0 Å². The number of aliphatic hydroxyl groups excluding tert-OH is 2. The van der Waals surface area contributed by atoms with E-state index in [0.717, 1.165) is 25.7 Å². The maximum atomic E-state index is 11.2. The SMILES string of the molecule is CCCCC/C=C\CC(O)C(CC(O)C(CCCC[C]=O)[N+](=O)[O-])[N+](=O)[O-]. The Morgan fingerprint density at radius 3 is 2.19 bits per heavy atom. The molecular weight excluding hydrogens is 356 g/mol. The third-order valence-electron chi connectivity index (χ3n) is 4.46. The zero-order valence-corrected chi connectivity index (χ0v) is 15.9. The van der Waals surface area contributed by atoms with Gasteiger partial charge in [-0.3, -0.25) is 25.0 Å². The molecule has 9 nitrogen and oxygen atoms in total. The van der Waals surface area contributed by atoms with Crippen LogP contribution in [0.15, 0.2) is 12.2 Å². The fourth-order valence-corrected chi connectivity index (χ4v) is 2.80. The van der Waals surface area contributed by atoms with Crippen molar-refractivity contribution in [3.05, 3.63) is 32.4 Å². The van der Waals surface area contributed by atoms with Crippen LogP contribution in [0.2, 0.25) is 0 Å². The number of aliphatic hydroxyl groups is 2. The molecule has 4 unspecified atom stereocenters. The summed E-state index contributed by atoms with van der Waals surface area (Å²) in [4.78, 5) is 31.2. The van der Waals surface area contributed by atoms with Gasteiger partial charge in [0.1, 0.15) is 12.2 Å². The summed E-state index contributed by atoms with van der Waals surface area (Å²) in [5.41, 5.74) is 0. The maximum Gasteiger partial charge on any atom is 0.241 e. The van der Waals surface area contributed by atoms with Crippen molar-refractivity contribution < 1.29 is 24.9 Å². The lowest BCUT2D eigenvalue weighted by atomic mass is 9.95. The van der Waals surface area contributed by atoms with Crippen molar-refractivity contribution in [3.63, 3.8) is 0 Å². The Balaban J connectivity index is 4.66. The van der Waals surface area contributed by atoms with Crippen LogP contribution in [-0.4, -0.2) is 50.6 Å². The Morgan fingerprint density at radius 1 is 0.963 bits per heavy atom. The van der Waals surface area contributed by atoms with Gasteiger partial charge >= 0.3 is 0 Å². The summed E-state index contributed by atoms with van der Waals surface area (Å²) in [7, 11) is 0. The van der Waals surface area contributed by atoms with Crippen molar-refractivity contribution in [3.8, 4) is 0 Å². The Kier molecular flexibility index (Phi) is 14.2. The number of rotatable bonds is 17. The second-order valence-corrected chi connectivity index (χ2v) is 6.67. The van der Waals surface area contributed by atoms with E-state index in [1.807, 2.05) is 6.08 Å². The highest BCUT2D eigenvalue weighted by Crippen LogP contribution is 2.18. The van der Waals surface area contributed by atoms with Crippen LogP contribution in [0.3, 0.4) is 0 Å². The molecule has 2 N–H and O–H groups in total. The molecule has 155 valence electrons. The molecule has 0 aliphatic carbocycles. The highest BCUT2D eigenvalue weighted by atomic mass is 16.6. The average Bonchev–Trinajstić information content (AvgIpc) is 2.61. The van der Waals surface area contributed by atoms with Crippen LogP contribution >= 0.6 is 0 Å². The Hall–Kier alpha value is -1.87. The Morgan fingerprint density at radius 2 is 1.63 bits per heavy atom. The van der Waals surface area contributed by atoms with Crippen LogP contribution in [0.5, 0.6) is 0 Å². The molecule has 27 heavy (non-hydrogen) atoms. The summed E-state index contributed by atoms with van der Waals surface area (Å²) in [6, 6.07) is -2.85. The van der Waals surface area contributed by atoms with Gasteiger partial charge in [0.05, 0.1) is 6.42 Å². The second kappa shape index (κ2) is 15.2. The van der Waals surface area contributed by atoms with E-state index in [2.05, 4.69) is 6.92 Å². The summed E-state index contributed by atoms with van der Waals surface area (Å²) in [5.74, 6) is 0. The van der Waals surface area contributed by atoms with Gasteiger partial charge in [-0.25, -0.2) is 0 Å². The van der Waals surface area contributed by atoms with Crippen molar-refractivity contribution in [2.24, 2.45) is 0 Å². The molecule has 0 aliphatic rings. The molecule has 0 saturated carbocycles. The maximum absolute atomic E-state index is 11.2. The first-order valence-corrected chi connectivity index (χ1v) is 9.48. The normalized spacial score (nSPS) is 16.0. The molecule has 0 amide bonds. The van der Waals surface area contributed by atoms with Gasteiger partial charge in [-0.1, -0.05) is 31.9 Å². The molecule has 0 aliphatic heterocycles. The fourth-order valence-electron chi connectivity index (χ4n) is 2.80. The number of allylic oxidation sites excluding steroid dienone is 1. The lowest BCUT2D eigenvalue weighted by Gasteiger charge is -2.20. The van der Waals surface area contributed by atoms with Gasteiger partial charge in [0.25, 0.3) is 0 Å². The minimum atomic E-state index is -1.54. The van der Waals surface area contributed by atoms with Gasteiger partial charge in [-0.05, 0) is 32.1 Å². The molecule has 9 heteroatoms. The minimum Gasteiger partial charge on any atom is -0.386 e. The number of nitrogens with zero attached hydrogens (tertiary/aromatic N) is 2. The first-order valence-electron chi connectivity index (χ1n) is 9.48. The molecular formula is C18H31N2O7. The van der Waals surface area contributed by atoms with Gasteiger partial charge < -0.3 is 10.2 Å². The van der Waals surface area contributed by atoms with Gasteiger partial charge in [-0.2, -0.15) is 0 Å². The highest BCUT2D eigenvalue weighted by molar-refractivity contribution is 5.50. The van der Waals surface area contributed by atoms with Crippen molar-refractivity contribution in [1.82, 2.24) is 0 Å². The van der Waals surface area contributed by atoms with E-state index in [0.29, 0.717) is 12.8 Å². The van der Waals surface area contributed by atoms with Crippen molar-refractivity contribution in [1.29, 1.82) is 0 Å². The molecule has 0 saturated heterocycles. The third-order valence-corrected chi connectivity index (χ3v) is 4.46. The van der Waals surface area contributed by atoms with Crippen LogP contribution in [0.1, 0.15) is 71.1 Å². The number of hydrogen-bond acceptors (Lipinski definition) is 7. The second-order valence-electron chi connectivity index (χ2n) is 6.67. The molecule has 1 radical (unpaired) electrons. The standard InChI is InChI=1S/C18H31N2O7/c1-2-3-4-5-6-9-12-17(22)16(20(26)27)14-18(23)15(19(24)25)11-8-7-10-13-21/h6,9,15-18,22-23H,2-5,7-8,10-12,14H2,1H3/b9-6-. The van der Waals surface area contributed by atoms with E-state index < -0.39 is 40.6 Å². The molecule has 4 atom stereocenters. The predicted molar refractivity (Wildman–Crippen MR) is 100 cm³/mol. The molecule has 0 bridgehead atoms. The van der Waals surface area contributed by atoms with E-state index in [1.165, 1.54) is 0 Å². The van der Waals surface area contributed by atoms with Crippen LogP contribution in [0.4, 0.5) is 0 Å². The van der Waals surface area contributed by atoms with Crippen LogP contribution < -0.4 is 0 Å². The Labute approximate surface area is 159 Å². The highest BCUT2D eigenvalue weighted by Gasteiger charge is 2.38. The molecule has 0 rings (SSSR count). The lowest BCUT2D eigenvalue weighted by Crippen LogP contribution is -2.42. The lowest BCUT2D eigenvalue weighted by molar-refractivity contribution is -0.554. The Bertz CT molecular complexity index is 471. The van der Waals surface area contributed by atoms with Gasteiger partial charge in [0.2, 0.25) is 12.1 Å². The smallest absolute Gasteiger partial charge is 0.241 e. The number of nitro groups is 2. The van der Waals surface area contributed by atoms with E-state index in [-0.39, 0.29) is 19.3 Å². The predicted octanol–water partition coefficient (Wildman–Crippen LogP) is 2.59. The fraction of sp³-hybridized carbons (Fsp3) is 0.833. The molecule has 0 heterocycles. The van der Waals surface area contributed by atoms with E-state index in [9.17, 15) is 35.2 Å². The van der Waals surface area contributed by atoms with Gasteiger partial charge in [0, 0.05) is 22.7 Å². The summed E-state index contributed by atoms with van der Waals surface area (Å²) in [6.07, 6.45) is 6.82. The van der Waals surface area contributed by atoms with E-state index >= 15 is 0 Å². The van der Waals surface area contributed by atoms with Crippen molar-refractivity contribution in [2.75, 3.05) is 0 Å². The molecule has 0 aromatic heterocycles. The summed E-state index contributed by atoms with van der Waals surface area (Å²) < 4.78 is 0. The van der Waals surface area contributed by atoms with Crippen molar-refractivity contribution >= 4 is 6.29 Å². The largest absolute Gasteiger partial charge is 0.386 e. The molecule has 0 fully saturated rings. The monoisotopic (exact) mass is 387 g/mol. The first kappa shape index (κ1) is 25.1.